The van der Waals surface area contributed by atoms with E-state index in [2.05, 4.69) is 5.32 Å². The van der Waals surface area contributed by atoms with Crippen LogP contribution >= 0.6 is 23.4 Å². The minimum Gasteiger partial charge on any atom is -0.339 e. The summed E-state index contributed by atoms with van der Waals surface area (Å²) in [6, 6.07) is 11.0. The number of sulfonamides is 1. The Bertz CT molecular complexity index is 1070. The van der Waals surface area contributed by atoms with Crippen LogP contribution in [0.15, 0.2) is 52.3 Å². The van der Waals surface area contributed by atoms with Crippen molar-refractivity contribution in [1.29, 1.82) is 0 Å². The molecule has 0 radical (unpaired) electrons. The lowest BCUT2D eigenvalue weighted by Gasteiger charge is -2.17. The highest BCUT2D eigenvalue weighted by molar-refractivity contribution is 8.13. The maximum absolute atomic E-state index is 12.9. The molecule has 1 heterocycles. The van der Waals surface area contributed by atoms with Crippen LogP contribution in [0, 0.1) is 0 Å². The van der Waals surface area contributed by atoms with Gasteiger partial charge in [-0.3, -0.25) is 9.59 Å². The van der Waals surface area contributed by atoms with Crippen molar-refractivity contribution in [1.82, 2.24) is 9.21 Å². The third-order valence-electron chi connectivity index (χ3n) is 4.58. The number of halogens is 1. The second-order valence-electron chi connectivity index (χ2n) is 6.97. The fraction of sp³-hybridized carbons (Fsp3) is 0.300. The Morgan fingerprint density at radius 2 is 1.77 bits per heavy atom. The summed E-state index contributed by atoms with van der Waals surface area (Å²) in [5, 5.41) is 2.69. The van der Waals surface area contributed by atoms with E-state index >= 15 is 0 Å². The zero-order chi connectivity index (χ0) is 21.9. The van der Waals surface area contributed by atoms with Crippen LogP contribution in [0.2, 0.25) is 5.02 Å². The minimum absolute atomic E-state index is 0.0318. The summed E-state index contributed by atoms with van der Waals surface area (Å²) < 4.78 is 27.1. The standard InChI is InChI=1S/C20H22ClN3O4S2/c1-23(2)20(26)29-18-8-4-3-7-17(18)22-19(25)15-13-14(9-10-16(15)21)30(27,28)24-11-5-6-12-24/h3-4,7-10,13H,5-6,11-12H2,1-2H3,(H,22,25). The maximum Gasteiger partial charge on any atom is 0.286 e. The summed E-state index contributed by atoms with van der Waals surface area (Å²) in [6.07, 6.45) is 1.64. The zero-order valence-electron chi connectivity index (χ0n) is 16.6. The molecule has 160 valence electrons. The molecule has 0 aliphatic carbocycles. The number of nitrogens with zero attached hydrogens (tertiary/aromatic N) is 2. The highest BCUT2D eigenvalue weighted by Gasteiger charge is 2.28. The van der Waals surface area contributed by atoms with Crippen molar-refractivity contribution in [2.75, 3.05) is 32.5 Å². The molecule has 1 N–H and O–H groups in total. The lowest BCUT2D eigenvalue weighted by Crippen LogP contribution is -2.28. The summed E-state index contributed by atoms with van der Waals surface area (Å²) in [5.41, 5.74) is 0.488. The second-order valence-corrected chi connectivity index (χ2v) is 10.3. The second kappa shape index (κ2) is 9.38. The average molecular weight is 468 g/mol. The van der Waals surface area contributed by atoms with Gasteiger partial charge in [-0.25, -0.2) is 8.42 Å². The van der Waals surface area contributed by atoms with Crippen molar-refractivity contribution in [3.05, 3.63) is 53.1 Å². The first-order valence-corrected chi connectivity index (χ1v) is 11.9. The van der Waals surface area contributed by atoms with Crippen LogP contribution < -0.4 is 5.32 Å². The van der Waals surface area contributed by atoms with Crippen LogP contribution in [-0.2, 0) is 10.0 Å². The van der Waals surface area contributed by atoms with Crippen molar-refractivity contribution in [2.45, 2.75) is 22.6 Å². The van der Waals surface area contributed by atoms with Crippen LogP contribution in [0.5, 0.6) is 0 Å². The van der Waals surface area contributed by atoms with E-state index in [-0.39, 0.29) is 20.7 Å². The van der Waals surface area contributed by atoms with E-state index in [9.17, 15) is 18.0 Å². The van der Waals surface area contributed by atoms with E-state index in [4.69, 9.17) is 11.6 Å². The van der Waals surface area contributed by atoms with Gasteiger partial charge in [0.25, 0.3) is 11.1 Å². The SMILES string of the molecule is CN(C)C(=O)Sc1ccccc1NC(=O)c1cc(S(=O)(=O)N2CCCC2)ccc1Cl. The fourth-order valence-electron chi connectivity index (χ4n) is 2.95. The Kier molecular flexibility index (Phi) is 7.07. The molecule has 1 aliphatic rings. The summed E-state index contributed by atoms with van der Waals surface area (Å²) in [6.45, 7) is 0.938. The molecule has 2 aromatic rings. The molecule has 0 unspecified atom stereocenters. The van der Waals surface area contributed by atoms with Crippen LogP contribution in [0.1, 0.15) is 23.2 Å². The number of hydrogen-bond acceptors (Lipinski definition) is 5. The van der Waals surface area contributed by atoms with E-state index in [0.717, 1.165) is 24.6 Å². The molecule has 0 spiro atoms. The van der Waals surface area contributed by atoms with Crippen molar-refractivity contribution < 1.29 is 18.0 Å². The van der Waals surface area contributed by atoms with Crippen LogP contribution in [0.3, 0.4) is 0 Å². The molecule has 1 aliphatic heterocycles. The van der Waals surface area contributed by atoms with E-state index in [1.165, 1.54) is 27.4 Å². The average Bonchev–Trinajstić information content (AvgIpc) is 3.25. The highest BCUT2D eigenvalue weighted by atomic mass is 35.5. The number of nitrogens with one attached hydrogen (secondary N) is 1. The van der Waals surface area contributed by atoms with Crippen molar-refractivity contribution in [3.63, 3.8) is 0 Å². The number of thioether (sulfide) groups is 1. The topological polar surface area (TPSA) is 86.8 Å². The van der Waals surface area contributed by atoms with Gasteiger partial charge < -0.3 is 10.2 Å². The number of anilines is 1. The smallest absolute Gasteiger partial charge is 0.286 e. The Morgan fingerprint density at radius 1 is 1.10 bits per heavy atom. The molecule has 0 atom stereocenters. The zero-order valence-corrected chi connectivity index (χ0v) is 19.0. The molecule has 0 bridgehead atoms. The van der Waals surface area contributed by atoms with Crippen molar-refractivity contribution >= 4 is 50.2 Å². The van der Waals surface area contributed by atoms with Gasteiger partial charge in [-0.05, 0) is 54.9 Å². The Morgan fingerprint density at radius 3 is 2.43 bits per heavy atom. The first-order valence-electron chi connectivity index (χ1n) is 9.29. The predicted octanol–water partition coefficient (Wildman–Crippen LogP) is 4.15. The van der Waals surface area contributed by atoms with Crippen molar-refractivity contribution in [2.24, 2.45) is 0 Å². The van der Waals surface area contributed by atoms with Gasteiger partial charge in [-0.1, -0.05) is 23.7 Å². The largest absolute Gasteiger partial charge is 0.339 e. The van der Waals surface area contributed by atoms with Crippen molar-refractivity contribution in [3.8, 4) is 0 Å². The predicted molar refractivity (Wildman–Crippen MR) is 119 cm³/mol. The van der Waals surface area contributed by atoms with Gasteiger partial charge in [-0.15, -0.1) is 0 Å². The molecule has 2 amide bonds. The summed E-state index contributed by atoms with van der Waals surface area (Å²) >= 11 is 7.18. The lowest BCUT2D eigenvalue weighted by atomic mass is 10.2. The van der Waals surface area contributed by atoms with E-state index in [1.807, 2.05) is 0 Å². The number of carbonyl (C=O) groups excluding carboxylic acids is 2. The first-order chi connectivity index (χ1) is 14.2. The number of benzene rings is 2. The molecule has 0 aromatic heterocycles. The summed E-state index contributed by atoms with van der Waals surface area (Å²) in [5.74, 6) is -0.552. The maximum atomic E-state index is 12.9. The van der Waals surface area contributed by atoms with Gasteiger partial charge in [0.2, 0.25) is 10.0 Å². The summed E-state index contributed by atoms with van der Waals surface area (Å²) in [4.78, 5) is 27.0. The minimum atomic E-state index is -3.68. The van der Waals surface area contributed by atoms with E-state index in [0.29, 0.717) is 23.7 Å². The van der Waals surface area contributed by atoms with Crippen LogP contribution in [0.25, 0.3) is 0 Å². The monoisotopic (exact) mass is 467 g/mol. The molecule has 1 saturated heterocycles. The highest BCUT2D eigenvalue weighted by Crippen LogP contribution is 2.30. The third-order valence-corrected chi connectivity index (χ3v) is 7.92. The quantitative estimate of drug-likeness (QED) is 0.667. The molecule has 7 nitrogen and oxygen atoms in total. The number of amides is 2. The molecular formula is C20H22ClN3O4S2. The molecule has 10 heteroatoms. The van der Waals surface area contributed by atoms with Crippen LogP contribution in [0.4, 0.5) is 10.5 Å². The lowest BCUT2D eigenvalue weighted by molar-refractivity contribution is 0.102. The fourth-order valence-corrected chi connectivity index (χ4v) is 5.44. The van der Waals surface area contributed by atoms with E-state index < -0.39 is 15.9 Å². The molecule has 30 heavy (non-hydrogen) atoms. The molecule has 3 rings (SSSR count). The Balaban J connectivity index is 1.87. The van der Waals surface area contributed by atoms with Gasteiger partial charge in [-0.2, -0.15) is 4.31 Å². The van der Waals surface area contributed by atoms with Gasteiger partial charge in [0.05, 0.1) is 21.2 Å². The number of hydrogen-bond donors (Lipinski definition) is 1. The normalized spacial score (nSPS) is 14.5. The van der Waals surface area contributed by atoms with Crippen LogP contribution in [-0.4, -0.2) is 56.0 Å². The number of para-hydroxylation sites is 1. The molecular weight excluding hydrogens is 446 g/mol. The molecule has 2 aromatic carbocycles. The van der Waals surface area contributed by atoms with Gasteiger partial charge >= 0.3 is 0 Å². The Hall–Kier alpha value is -2.07. The van der Waals surface area contributed by atoms with Gasteiger partial charge in [0.15, 0.2) is 0 Å². The van der Waals surface area contributed by atoms with Gasteiger partial charge in [0, 0.05) is 32.1 Å². The number of carbonyl (C=O) groups is 2. The summed E-state index contributed by atoms with van der Waals surface area (Å²) in [7, 11) is -0.395. The number of rotatable bonds is 5. The van der Waals surface area contributed by atoms with E-state index in [1.54, 1.807) is 38.4 Å². The molecule has 0 saturated carbocycles. The third kappa shape index (κ3) is 4.97. The Labute approximate surface area is 185 Å². The first kappa shape index (κ1) is 22.6. The van der Waals surface area contributed by atoms with Gasteiger partial charge in [0.1, 0.15) is 0 Å². The molecule has 1 fully saturated rings.